The van der Waals surface area contributed by atoms with Crippen molar-refractivity contribution in [3.8, 4) is 5.69 Å². The van der Waals surface area contributed by atoms with E-state index in [0.717, 1.165) is 31.4 Å². The first-order valence-electron chi connectivity index (χ1n) is 14.8. The first-order valence-corrected chi connectivity index (χ1v) is 14.8. The summed E-state index contributed by atoms with van der Waals surface area (Å²) in [5.41, 5.74) is 5.36. The molecule has 1 unspecified atom stereocenters. The molecular weight excluding hydrogens is 492 g/mol. The number of aliphatic hydroxyl groups is 1. The lowest BCUT2D eigenvalue weighted by Crippen LogP contribution is -2.66. The molecule has 1 aromatic heterocycles. The van der Waals surface area contributed by atoms with Gasteiger partial charge in [0.2, 0.25) is 5.79 Å². The predicted octanol–water partition coefficient (Wildman–Crippen LogP) is 5.02. The Labute approximate surface area is 230 Å². The second-order valence-electron chi connectivity index (χ2n) is 13.8. The molecule has 6 aliphatic rings. The number of aliphatic hydroxyl groups excluding tert-OH is 1. The van der Waals surface area contributed by atoms with Crippen molar-refractivity contribution in [1.29, 1.82) is 0 Å². The smallest absolute Gasteiger partial charge is 0.226 e. The number of hydrogen-bond donors (Lipinski definition) is 1. The van der Waals surface area contributed by atoms with Crippen molar-refractivity contribution in [3.63, 3.8) is 0 Å². The largest absolute Gasteiger partial charge is 0.393 e. The molecule has 7 nitrogen and oxygen atoms in total. The van der Waals surface area contributed by atoms with Gasteiger partial charge in [-0.1, -0.05) is 44.0 Å². The minimum atomic E-state index is -0.859. The van der Waals surface area contributed by atoms with Gasteiger partial charge in [0.25, 0.3) is 0 Å². The number of aryl methyl sites for hydroxylation is 1. The number of hydrogen-bond acceptors (Lipinski definition) is 6. The maximum atomic E-state index is 12.1. The number of aromatic nitrogens is 2. The van der Waals surface area contributed by atoms with Gasteiger partial charge in [-0.2, -0.15) is 5.10 Å². The van der Waals surface area contributed by atoms with Crippen LogP contribution in [0.25, 0.3) is 11.8 Å². The Kier molecular flexibility index (Phi) is 5.10. The molecule has 3 heterocycles. The molecule has 8 rings (SSSR count). The molecule has 7 heteroatoms. The van der Waals surface area contributed by atoms with Crippen molar-refractivity contribution in [2.24, 2.45) is 34.5 Å². The van der Waals surface area contributed by atoms with Crippen LogP contribution < -0.4 is 0 Å². The third-order valence-electron chi connectivity index (χ3n) is 12.0. The highest BCUT2D eigenvalue weighted by Gasteiger charge is 2.77. The first-order chi connectivity index (χ1) is 18.7. The zero-order chi connectivity index (χ0) is 26.8. The molecule has 3 saturated carbocycles. The van der Waals surface area contributed by atoms with Crippen molar-refractivity contribution in [2.75, 3.05) is 20.2 Å². The summed E-state index contributed by atoms with van der Waals surface area (Å²) in [6.45, 7) is 10.1. The van der Waals surface area contributed by atoms with E-state index in [1.54, 1.807) is 0 Å². The Morgan fingerprint density at radius 2 is 1.87 bits per heavy atom. The fraction of sp³-hybridized carbons (Fsp3) is 0.656. The monoisotopic (exact) mass is 532 g/mol. The van der Waals surface area contributed by atoms with Gasteiger partial charge in [-0.15, -0.1) is 0 Å². The molecule has 2 aliphatic heterocycles. The van der Waals surface area contributed by atoms with Crippen molar-refractivity contribution >= 4 is 6.08 Å². The van der Waals surface area contributed by atoms with Gasteiger partial charge in [0.1, 0.15) is 12.2 Å². The van der Waals surface area contributed by atoms with Gasteiger partial charge in [-0.05, 0) is 91.9 Å². The minimum Gasteiger partial charge on any atom is -0.393 e. The van der Waals surface area contributed by atoms with Gasteiger partial charge >= 0.3 is 0 Å². The van der Waals surface area contributed by atoms with E-state index in [-0.39, 0.29) is 30.3 Å². The van der Waals surface area contributed by atoms with E-state index in [4.69, 9.17) is 24.0 Å². The molecule has 0 bridgehead atoms. The van der Waals surface area contributed by atoms with Crippen LogP contribution in [0.5, 0.6) is 0 Å². The fourth-order valence-corrected chi connectivity index (χ4v) is 10.5. The molecule has 9 atom stereocenters. The van der Waals surface area contributed by atoms with Gasteiger partial charge in [0.05, 0.1) is 23.7 Å². The van der Waals surface area contributed by atoms with Crippen LogP contribution >= 0.6 is 0 Å². The number of rotatable bonds is 1. The first kappa shape index (κ1) is 24.7. The zero-order valence-electron chi connectivity index (χ0n) is 23.5. The van der Waals surface area contributed by atoms with E-state index >= 15 is 0 Å². The Hall–Kier alpha value is -2.03. The zero-order valence-corrected chi connectivity index (χ0v) is 23.5. The molecule has 1 aromatic carbocycles. The normalized spacial score (nSPS) is 46.2. The summed E-state index contributed by atoms with van der Waals surface area (Å²) >= 11 is 0. The summed E-state index contributed by atoms with van der Waals surface area (Å²) < 4.78 is 26.7. The topological polar surface area (TPSA) is 75.0 Å². The second kappa shape index (κ2) is 8.04. The number of ether oxygens (including phenoxy) is 4. The van der Waals surface area contributed by atoms with Gasteiger partial charge in [-0.25, -0.2) is 4.68 Å². The van der Waals surface area contributed by atoms with Gasteiger partial charge in [0.15, 0.2) is 13.6 Å². The Morgan fingerprint density at radius 1 is 1.08 bits per heavy atom. The minimum absolute atomic E-state index is 0.106. The van der Waals surface area contributed by atoms with Gasteiger partial charge in [-0.3, -0.25) is 0 Å². The van der Waals surface area contributed by atoms with E-state index in [2.05, 4.69) is 68.9 Å². The van der Waals surface area contributed by atoms with Crippen LogP contribution in [0.2, 0.25) is 0 Å². The molecule has 5 fully saturated rings. The molecule has 2 saturated heterocycles. The van der Waals surface area contributed by atoms with Crippen molar-refractivity contribution in [3.05, 3.63) is 52.9 Å². The SMILES string of the molecule is Cc1ccc(-n2ncc3c2C=C2[C@@H](C)C[C@@H]4[C@H]([C@@H](O)C[C@@]5(C)[C@H]4CC[C@@]54OCOC45COCO5)[C@@]2(C)C3)cc1. The van der Waals surface area contributed by atoms with Crippen molar-refractivity contribution < 1.29 is 24.1 Å². The maximum Gasteiger partial charge on any atom is 0.226 e. The Bertz CT molecular complexity index is 1340. The summed E-state index contributed by atoms with van der Waals surface area (Å²) in [6, 6.07) is 8.59. The highest BCUT2D eigenvalue weighted by Crippen LogP contribution is 2.72. The van der Waals surface area contributed by atoms with Crippen LogP contribution in [-0.4, -0.2) is 52.6 Å². The summed E-state index contributed by atoms with van der Waals surface area (Å²) in [4.78, 5) is 0. The van der Waals surface area contributed by atoms with Crippen LogP contribution in [-0.2, 0) is 25.4 Å². The van der Waals surface area contributed by atoms with Crippen LogP contribution in [0.15, 0.2) is 36.0 Å². The molecule has 2 aromatic rings. The standard InChI is InChI=1S/C32H40N2O5/c1-19-5-7-22(8-6-19)34-26-12-25-20(2)11-23-24-9-10-31(32(39-18-37-31)16-36-17-38-32)30(24,4)14-27(35)28(23)29(25,3)13-21(26)15-33-34/h5-8,12,15,20,23-24,27-28,35H,9-11,13-14,16-18H2,1-4H3/t20-,23-,24-,27-,28+,29-,30-,31+,32?/m0/s1. The average Bonchev–Trinajstić information content (AvgIpc) is 3.67. The van der Waals surface area contributed by atoms with E-state index < -0.39 is 17.5 Å². The van der Waals surface area contributed by atoms with E-state index in [0.29, 0.717) is 30.8 Å². The molecule has 39 heavy (non-hydrogen) atoms. The lowest BCUT2D eigenvalue weighted by atomic mass is 9.43. The molecule has 0 amide bonds. The fourth-order valence-electron chi connectivity index (χ4n) is 10.5. The van der Waals surface area contributed by atoms with Crippen molar-refractivity contribution in [2.45, 2.75) is 77.3 Å². The van der Waals surface area contributed by atoms with Gasteiger partial charge in [0, 0.05) is 5.41 Å². The summed E-state index contributed by atoms with van der Waals surface area (Å²) in [5, 5.41) is 17.0. The third kappa shape index (κ3) is 2.98. The summed E-state index contributed by atoms with van der Waals surface area (Å²) in [6.07, 6.45) is 8.68. The molecule has 1 N–H and O–H groups in total. The molecule has 2 spiro atoms. The maximum absolute atomic E-state index is 12.1. The lowest BCUT2D eigenvalue weighted by molar-refractivity contribution is -0.258. The second-order valence-corrected chi connectivity index (χ2v) is 13.8. The van der Waals surface area contributed by atoms with Crippen LogP contribution in [0.1, 0.15) is 63.3 Å². The number of allylic oxidation sites excluding steroid dienone is 1. The van der Waals surface area contributed by atoms with E-state index in [1.807, 2.05) is 0 Å². The van der Waals surface area contributed by atoms with Crippen LogP contribution in [0, 0.1) is 41.4 Å². The van der Waals surface area contributed by atoms with Crippen LogP contribution in [0.4, 0.5) is 0 Å². The molecular formula is C32H40N2O5. The lowest BCUT2D eigenvalue weighted by Gasteiger charge is -2.62. The molecule has 4 aliphatic carbocycles. The average molecular weight is 533 g/mol. The summed E-state index contributed by atoms with van der Waals surface area (Å²) in [7, 11) is 0. The number of fused-ring (bicyclic) bond motifs is 8. The Balaban J connectivity index is 1.18. The number of nitrogens with zero attached hydrogens (tertiary/aromatic N) is 2. The predicted molar refractivity (Wildman–Crippen MR) is 145 cm³/mol. The molecule has 0 radical (unpaired) electrons. The Morgan fingerprint density at radius 3 is 2.64 bits per heavy atom. The highest BCUT2D eigenvalue weighted by atomic mass is 16.9. The van der Waals surface area contributed by atoms with Crippen molar-refractivity contribution in [1.82, 2.24) is 9.78 Å². The highest BCUT2D eigenvalue weighted by molar-refractivity contribution is 5.62. The van der Waals surface area contributed by atoms with Crippen LogP contribution in [0.3, 0.4) is 0 Å². The summed E-state index contributed by atoms with van der Waals surface area (Å²) in [5.74, 6) is 0.613. The third-order valence-corrected chi connectivity index (χ3v) is 12.0. The quantitative estimate of drug-likeness (QED) is 0.556. The number of benzene rings is 1. The van der Waals surface area contributed by atoms with Gasteiger partial charge < -0.3 is 24.1 Å². The van der Waals surface area contributed by atoms with E-state index in [9.17, 15) is 5.11 Å². The van der Waals surface area contributed by atoms with E-state index in [1.165, 1.54) is 22.4 Å². The molecule has 208 valence electrons.